The van der Waals surface area contributed by atoms with E-state index in [1.165, 1.54) is 50.7 Å². The summed E-state index contributed by atoms with van der Waals surface area (Å²) < 4.78 is 33.0. The molecule has 0 spiro atoms. The maximum absolute atomic E-state index is 14.1. The van der Waals surface area contributed by atoms with Crippen molar-refractivity contribution in [3.63, 3.8) is 0 Å². The number of urea groups is 1. The normalized spacial score (nSPS) is 20.9. The van der Waals surface area contributed by atoms with Crippen molar-refractivity contribution in [2.24, 2.45) is 11.8 Å². The predicted molar refractivity (Wildman–Crippen MR) is 224 cm³/mol. The van der Waals surface area contributed by atoms with Crippen LogP contribution in [0.1, 0.15) is 95.6 Å². The lowest BCUT2D eigenvalue weighted by Gasteiger charge is -2.31. The number of amides is 3. The third-order valence-electron chi connectivity index (χ3n) is 12.7. The van der Waals surface area contributed by atoms with Crippen molar-refractivity contribution in [2.45, 2.75) is 121 Å². The lowest BCUT2D eigenvalue weighted by atomic mass is 9.84. The largest absolute Gasteiger partial charge is 0.493 e. The highest BCUT2D eigenvalue weighted by Gasteiger charge is 2.49. The fourth-order valence-electron chi connectivity index (χ4n) is 9.67. The molecule has 3 heterocycles. The van der Waals surface area contributed by atoms with Gasteiger partial charge in [0, 0.05) is 53.2 Å². The summed E-state index contributed by atoms with van der Waals surface area (Å²) in [5.74, 6) is 4.46. The second-order valence-electron chi connectivity index (χ2n) is 16.2. The van der Waals surface area contributed by atoms with Gasteiger partial charge in [-0.15, -0.1) is 0 Å². The van der Waals surface area contributed by atoms with Crippen molar-refractivity contribution in [1.29, 1.82) is 0 Å². The Labute approximate surface area is 341 Å². The van der Waals surface area contributed by atoms with E-state index < -0.39 is 0 Å². The number of nitrogens with zero attached hydrogens (tertiary/aromatic N) is 3. The second kappa shape index (κ2) is 19.2. The summed E-state index contributed by atoms with van der Waals surface area (Å²) in [6.45, 7) is 6.26. The average Bonchev–Trinajstić information content (AvgIpc) is 4.04. The number of hydrogen-bond donors (Lipinski definition) is 3. The molecule has 2 aliphatic heterocycles. The summed E-state index contributed by atoms with van der Waals surface area (Å²) in [6, 6.07) is 11.2. The first-order valence-electron chi connectivity index (χ1n) is 21.2. The molecule has 310 valence electrons. The molecule has 57 heavy (non-hydrogen) atoms. The van der Waals surface area contributed by atoms with E-state index in [-0.39, 0.29) is 35.9 Å². The highest BCUT2D eigenvalue weighted by Crippen LogP contribution is 2.45. The minimum absolute atomic E-state index is 0.0310. The molecule has 1 saturated carbocycles. The van der Waals surface area contributed by atoms with Gasteiger partial charge in [0.1, 0.15) is 11.6 Å². The summed E-state index contributed by atoms with van der Waals surface area (Å²) in [4.78, 5) is 27.9. The standard InChI is InChI=1S/C44H61FN6O5S/c1-5-29(30-11-6-7-12-30)18-17-28(2)51-36-27-57-39(42(36)48-44(51)53)15-8-9-16-40(52)46-19-21-56-22-20-50-43(47-33-14-10-13-32(45)25-33)35-23-31-24-37(54-3)38(55-4)26-34(31)41(35)49-50/h10,13-14,24-26,28-30,36,39,42,47H,5-9,11-12,15-23,27H2,1-4H3,(H,46,52)(H,48,53). The topological polar surface area (TPSA) is 119 Å². The van der Waals surface area contributed by atoms with Crippen molar-refractivity contribution >= 4 is 35.2 Å². The summed E-state index contributed by atoms with van der Waals surface area (Å²) in [5, 5.41) is 15.1. The molecule has 2 aromatic carbocycles. The van der Waals surface area contributed by atoms with Gasteiger partial charge in [-0.3, -0.25) is 4.79 Å². The molecule has 3 amide bonds. The van der Waals surface area contributed by atoms with Gasteiger partial charge in [-0.05, 0) is 80.3 Å². The fraction of sp³-hybridized carbons (Fsp3) is 0.614. The van der Waals surface area contributed by atoms with Crippen LogP contribution in [0.25, 0.3) is 11.3 Å². The molecule has 7 rings (SSSR count). The zero-order valence-electron chi connectivity index (χ0n) is 34.1. The summed E-state index contributed by atoms with van der Waals surface area (Å²) in [6.07, 6.45) is 13.0. The molecule has 3 aromatic rings. The number of rotatable bonds is 21. The van der Waals surface area contributed by atoms with Crippen LogP contribution in [-0.2, 0) is 22.5 Å². The van der Waals surface area contributed by atoms with Gasteiger partial charge < -0.3 is 35.1 Å². The molecule has 3 fully saturated rings. The Balaban J connectivity index is 0.817. The van der Waals surface area contributed by atoms with Crippen molar-refractivity contribution in [1.82, 2.24) is 25.3 Å². The SMILES string of the molecule is CCC(CCC(C)N1C(=O)NC2C(CCCCC(=O)NCCOCCn3nc4c(c3Nc3cccc(F)c3)Cc3cc(OC)c(OC)cc3-4)SCC21)C1CCCC1. The number of benzene rings is 2. The first kappa shape index (κ1) is 41.2. The number of hydrogen-bond acceptors (Lipinski definition) is 8. The summed E-state index contributed by atoms with van der Waals surface area (Å²) in [5.41, 5.74) is 4.55. The van der Waals surface area contributed by atoms with Crippen molar-refractivity contribution < 1.29 is 28.2 Å². The number of carbonyl (C=O) groups excluding carboxylic acids is 2. The van der Waals surface area contributed by atoms with Crippen LogP contribution in [0.3, 0.4) is 0 Å². The van der Waals surface area contributed by atoms with E-state index in [1.807, 2.05) is 34.6 Å². The molecule has 1 aromatic heterocycles. The highest BCUT2D eigenvalue weighted by molar-refractivity contribution is 8.00. The lowest BCUT2D eigenvalue weighted by molar-refractivity contribution is -0.121. The maximum atomic E-state index is 14.1. The van der Waals surface area contributed by atoms with E-state index in [1.54, 1.807) is 20.3 Å². The highest BCUT2D eigenvalue weighted by atomic mass is 32.2. The Hall–Kier alpha value is -3.97. The number of unbranched alkanes of at least 4 members (excludes halogenated alkanes) is 1. The first-order chi connectivity index (χ1) is 27.8. The number of methoxy groups -OCH3 is 2. The van der Waals surface area contributed by atoms with Crippen LogP contribution < -0.4 is 25.4 Å². The molecule has 3 N–H and O–H groups in total. The molecule has 0 bridgehead atoms. The monoisotopic (exact) mass is 804 g/mol. The van der Waals surface area contributed by atoms with Crippen LogP contribution in [0.4, 0.5) is 20.7 Å². The van der Waals surface area contributed by atoms with Crippen LogP contribution in [0.15, 0.2) is 36.4 Å². The molecule has 0 radical (unpaired) electrons. The number of ether oxygens (including phenoxy) is 3. The number of thioether (sulfide) groups is 1. The quantitative estimate of drug-likeness (QED) is 0.0569. The van der Waals surface area contributed by atoms with Gasteiger partial charge in [0.25, 0.3) is 0 Å². The molecule has 13 heteroatoms. The van der Waals surface area contributed by atoms with E-state index in [2.05, 4.69) is 34.7 Å². The van der Waals surface area contributed by atoms with Gasteiger partial charge in [0.15, 0.2) is 11.5 Å². The van der Waals surface area contributed by atoms with Gasteiger partial charge in [0.2, 0.25) is 5.91 Å². The van der Waals surface area contributed by atoms with Crippen LogP contribution in [0.5, 0.6) is 11.5 Å². The van der Waals surface area contributed by atoms with Crippen molar-refractivity contribution in [2.75, 3.05) is 45.0 Å². The Bertz CT molecular complexity index is 1850. The number of carbonyl (C=O) groups is 2. The van der Waals surface area contributed by atoms with Crippen LogP contribution >= 0.6 is 11.8 Å². The van der Waals surface area contributed by atoms with Gasteiger partial charge in [-0.2, -0.15) is 16.9 Å². The number of nitrogens with one attached hydrogen (secondary N) is 3. The van der Waals surface area contributed by atoms with E-state index >= 15 is 0 Å². The van der Waals surface area contributed by atoms with Crippen LogP contribution in [-0.4, -0.2) is 89.7 Å². The molecule has 11 nitrogen and oxygen atoms in total. The molecule has 2 aliphatic carbocycles. The zero-order valence-corrected chi connectivity index (χ0v) is 34.9. The molecular formula is C44H61FN6O5S. The molecule has 2 saturated heterocycles. The van der Waals surface area contributed by atoms with Gasteiger partial charge in [0.05, 0.1) is 51.8 Å². The Morgan fingerprint density at radius 3 is 2.67 bits per heavy atom. The van der Waals surface area contributed by atoms with Crippen LogP contribution in [0, 0.1) is 17.7 Å². The smallest absolute Gasteiger partial charge is 0.318 e. The van der Waals surface area contributed by atoms with E-state index in [4.69, 9.17) is 19.3 Å². The van der Waals surface area contributed by atoms with Crippen molar-refractivity contribution in [3.05, 3.63) is 53.3 Å². The second-order valence-corrected chi connectivity index (χ2v) is 17.5. The lowest BCUT2D eigenvalue weighted by Crippen LogP contribution is -2.43. The molecule has 5 unspecified atom stereocenters. The summed E-state index contributed by atoms with van der Waals surface area (Å²) >= 11 is 1.99. The third kappa shape index (κ3) is 9.51. The van der Waals surface area contributed by atoms with Gasteiger partial charge >= 0.3 is 6.03 Å². The first-order valence-corrected chi connectivity index (χ1v) is 22.2. The van der Waals surface area contributed by atoms with E-state index in [0.29, 0.717) is 61.6 Å². The number of anilines is 2. The third-order valence-corrected chi connectivity index (χ3v) is 14.2. The van der Waals surface area contributed by atoms with Crippen molar-refractivity contribution in [3.8, 4) is 22.8 Å². The Kier molecular flexibility index (Phi) is 13.9. The Morgan fingerprint density at radius 1 is 1.09 bits per heavy atom. The maximum Gasteiger partial charge on any atom is 0.318 e. The number of fused-ring (bicyclic) bond motifs is 4. The van der Waals surface area contributed by atoms with E-state index in [9.17, 15) is 14.0 Å². The zero-order chi connectivity index (χ0) is 39.9. The minimum Gasteiger partial charge on any atom is -0.493 e. The molecule has 4 aliphatic rings. The molecular weight excluding hydrogens is 744 g/mol. The molecule has 5 atom stereocenters. The fourth-order valence-corrected chi connectivity index (χ4v) is 11.3. The summed E-state index contributed by atoms with van der Waals surface area (Å²) in [7, 11) is 3.24. The minimum atomic E-state index is -0.322. The van der Waals surface area contributed by atoms with Gasteiger partial charge in [-0.25, -0.2) is 13.9 Å². The Morgan fingerprint density at radius 2 is 1.89 bits per heavy atom. The van der Waals surface area contributed by atoms with E-state index in [0.717, 1.165) is 71.5 Å². The number of halogens is 1. The predicted octanol–water partition coefficient (Wildman–Crippen LogP) is 8.31. The van der Waals surface area contributed by atoms with Crippen LogP contribution in [0.2, 0.25) is 0 Å². The van der Waals surface area contributed by atoms with Gasteiger partial charge in [-0.1, -0.05) is 51.5 Å². The average molecular weight is 805 g/mol. The number of aromatic nitrogens is 2.